The number of carboxylic acids is 1. The Morgan fingerprint density at radius 2 is 2.50 bits per heavy atom. The fourth-order valence-electron chi connectivity index (χ4n) is 0.753. The van der Waals surface area contributed by atoms with Gasteiger partial charge in [0.15, 0.2) is 5.82 Å². The summed E-state index contributed by atoms with van der Waals surface area (Å²) < 4.78 is 13.0. The van der Waals surface area contributed by atoms with Gasteiger partial charge in [-0.1, -0.05) is 6.92 Å². The average molecular weight is 215 g/mol. The monoisotopic (exact) mass is 215 g/mol. The number of carboxylic acid groups (broad SMARTS) is 1. The molecule has 0 bridgehead atoms. The van der Waals surface area contributed by atoms with Gasteiger partial charge in [0.25, 0.3) is 0 Å². The minimum atomic E-state index is -0.881. The van der Waals surface area contributed by atoms with Crippen molar-refractivity contribution in [2.24, 2.45) is 5.92 Å². The molecule has 5 heteroatoms. The zero-order valence-electron chi connectivity index (χ0n) is 7.61. The van der Waals surface area contributed by atoms with Gasteiger partial charge >= 0.3 is 5.97 Å². The number of thioether (sulfide) groups is 1. The number of hydrogen-bond donors (Lipinski definition) is 1. The van der Waals surface area contributed by atoms with Crippen LogP contribution in [0.2, 0.25) is 0 Å². The molecular weight excluding hydrogens is 205 g/mol. The van der Waals surface area contributed by atoms with Crippen molar-refractivity contribution in [2.45, 2.75) is 11.9 Å². The van der Waals surface area contributed by atoms with Crippen LogP contribution in [0.4, 0.5) is 4.39 Å². The van der Waals surface area contributed by atoms with E-state index in [2.05, 4.69) is 4.98 Å². The predicted molar refractivity (Wildman–Crippen MR) is 51.7 cm³/mol. The fraction of sp³-hybridized carbons (Fsp3) is 0.333. The second kappa shape index (κ2) is 4.95. The van der Waals surface area contributed by atoms with Crippen LogP contribution in [0, 0.1) is 11.7 Å². The van der Waals surface area contributed by atoms with Crippen molar-refractivity contribution in [1.82, 2.24) is 4.98 Å². The van der Waals surface area contributed by atoms with Crippen LogP contribution in [0.1, 0.15) is 6.92 Å². The van der Waals surface area contributed by atoms with Gasteiger partial charge in [-0.2, -0.15) is 0 Å². The highest BCUT2D eigenvalue weighted by atomic mass is 32.2. The first-order valence-corrected chi connectivity index (χ1v) is 5.06. The molecule has 0 saturated carbocycles. The maximum Gasteiger partial charge on any atom is 0.307 e. The van der Waals surface area contributed by atoms with E-state index in [0.717, 1.165) is 11.8 Å². The highest BCUT2D eigenvalue weighted by molar-refractivity contribution is 7.99. The predicted octanol–water partition coefficient (Wildman–Crippen LogP) is 2.03. The number of halogens is 1. The third-order valence-electron chi connectivity index (χ3n) is 1.62. The van der Waals surface area contributed by atoms with Gasteiger partial charge in [-0.05, 0) is 12.1 Å². The molecule has 76 valence electrons. The van der Waals surface area contributed by atoms with E-state index in [1.54, 1.807) is 6.92 Å². The molecule has 0 spiro atoms. The van der Waals surface area contributed by atoms with E-state index in [9.17, 15) is 9.18 Å². The Hall–Kier alpha value is -1.10. The first kappa shape index (κ1) is 11.0. The van der Waals surface area contributed by atoms with Crippen LogP contribution in [-0.4, -0.2) is 21.8 Å². The van der Waals surface area contributed by atoms with E-state index in [4.69, 9.17) is 5.11 Å². The number of hydrogen-bond acceptors (Lipinski definition) is 3. The normalized spacial score (nSPS) is 12.4. The van der Waals surface area contributed by atoms with Crippen molar-refractivity contribution in [3.05, 3.63) is 24.1 Å². The van der Waals surface area contributed by atoms with Crippen LogP contribution in [-0.2, 0) is 4.79 Å². The Morgan fingerprint density at radius 1 is 1.79 bits per heavy atom. The van der Waals surface area contributed by atoms with Gasteiger partial charge in [-0.25, -0.2) is 9.37 Å². The molecule has 1 heterocycles. The quantitative estimate of drug-likeness (QED) is 0.781. The highest BCUT2D eigenvalue weighted by Crippen LogP contribution is 2.20. The van der Waals surface area contributed by atoms with Crippen molar-refractivity contribution < 1.29 is 14.3 Å². The Morgan fingerprint density at radius 3 is 3.07 bits per heavy atom. The van der Waals surface area contributed by atoms with Crippen molar-refractivity contribution in [3.63, 3.8) is 0 Å². The van der Waals surface area contributed by atoms with E-state index >= 15 is 0 Å². The smallest absolute Gasteiger partial charge is 0.307 e. The lowest BCUT2D eigenvalue weighted by atomic mass is 10.2. The van der Waals surface area contributed by atoms with Crippen molar-refractivity contribution in [3.8, 4) is 0 Å². The molecule has 1 aromatic rings. The van der Waals surface area contributed by atoms with E-state index < -0.39 is 17.7 Å². The highest BCUT2D eigenvalue weighted by Gasteiger charge is 2.12. The Balaban J connectivity index is 2.54. The van der Waals surface area contributed by atoms with Gasteiger partial charge in [0, 0.05) is 11.9 Å². The molecule has 1 unspecified atom stereocenters. The molecule has 1 aromatic heterocycles. The minimum Gasteiger partial charge on any atom is -0.481 e. The van der Waals surface area contributed by atoms with Crippen LogP contribution in [0.5, 0.6) is 0 Å². The summed E-state index contributed by atoms with van der Waals surface area (Å²) in [5.41, 5.74) is 0. The van der Waals surface area contributed by atoms with E-state index in [-0.39, 0.29) is 5.03 Å². The van der Waals surface area contributed by atoms with Crippen LogP contribution >= 0.6 is 11.8 Å². The SMILES string of the molecule is CC(CSc1ncccc1F)C(=O)O. The van der Waals surface area contributed by atoms with E-state index in [1.807, 2.05) is 0 Å². The second-order valence-corrected chi connectivity index (χ2v) is 3.85. The van der Waals surface area contributed by atoms with E-state index in [0.29, 0.717) is 5.75 Å². The standard InChI is InChI=1S/C9H10FNO2S/c1-6(9(12)13)5-14-8-7(10)3-2-4-11-8/h2-4,6H,5H2,1H3,(H,12,13). The third kappa shape index (κ3) is 2.99. The Labute approximate surface area is 85.4 Å². The van der Waals surface area contributed by atoms with Gasteiger partial charge in [0.1, 0.15) is 5.03 Å². The second-order valence-electron chi connectivity index (χ2n) is 2.84. The third-order valence-corrected chi connectivity index (χ3v) is 2.86. The molecule has 0 amide bonds. The van der Waals surface area contributed by atoms with Crippen molar-refractivity contribution in [2.75, 3.05) is 5.75 Å². The summed E-state index contributed by atoms with van der Waals surface area (Å²) in [5.74, 6) is -1.46. The van der Waals surface area contributed by atoms with Crippen LogP contribution in [0.15, 0.2) is 23.4 Å². The molecule has 14 heavy (non-hydrogen) atoms. The molecule has 1 rings (SSSR count). The summed E-state index contributed by atoms with van der Waals surface area (Å²) in [5, 5.41) is 8.85. The molecule has 0 radical (unpaired) electrons. The zero-order chi connectivity index (χ0) is 10.6. The van der Waals surface area contributed by atoms with Crippen LogP contribution in [0.25, 0.3) is 0 Å². The molecule has 1 N–H and O–H groups in total. The fourth-order valence-corrected chi connectivity index (χ4v) is 1.64. The lowest BCUT2D eigenvalue weighted by molar-refractivity contribution is -0.140. The van der Waals surface area contributed by atoms with E-state index in [1.165, 1.54) is 18.3 Å². The van der Waals surface area contributed by atoms with Gasteiger partial charge in [-0.15, -0.1) is 11.8 Å². The largest absolute Gasteiger partial charge is 0.481 e. The van der Waals surface area contributed by atoms with Gasteiger partial charge < -0.3 is 5.11 Å². The molecule has 0 saturated heterocycles. The lowest BCUT2D eigenvalue weighted by Crippen LogP contribution is -2.11. The maximum atomic E-state index is 13.0. The number of rotatable bonds is 4. The molecule has 0 fully saturated rings. The molecule has 3 nitrogen and oxygen atoms in total. The molecule has 0 aliphatic heterocycles. The Kier molecular flexibility index (Phi) is 3.88. The summed E-state index contributed by atoms with van der Waals surface area (Å²) in [4.78, 5) is 14.3. The number of pyridine rings is 1. The lowest BCUT2D eigenvalue weighted by Gasteiger charge is -2.05. The Bertz CT molecular complexity index is 332. The average Bonchev–Trinajstić information content (AvgIpc) is 2.16. The van der Waals surface area contributed by atoms with Gasteiger partial charge in [0.2, 0.25) is 0 Å². The summed E-state index contributed by atoms with van der Waals surface area (Å²) in [6, 6.07) is 2.81. The topological polar surface area (TPSA) is 50.2 Å². The number of aliphatic carboxylic acids is 1. The summed E-state index contributed by atoms with van der Waals surface area (Å²) in [6.07, 6.45) is 1.48. The number of carbonyl (C=O) groups is 1. The molecule has 0 aliphatic rings. The van der Waals surface area contributed by atoms with Crippen molar-refractivity contribution >= 4 is 17.7 Å². The van der Waals surface area contributed by atoms with Crippen molar-refractivity contribution in [1.29, 1.82) is 0 Å². The molecule has 0 aliphatic carbocycles. The first-order chi connectivity index (χ1) is 6.61. The molecular formula is C9H10FNO2S. The maximum absolute atomic E-state index is 13.0. The minimum absolute atomic E-state index is 0.251. The van der Waals surface area contributed by atoms with Gasteiger partial charge in [-0.3, -0.25) is 4.79 Å². The van der Waals surface area contributed by atoms with Gasteiger partial charge in [0.05, 0.1) is 5.92 Å². The first-order valence-electron chi connectivity index (χ1n) is 4.07. The number of aromatic nitrogens is 1. The summed E-state index contributed by atoms with van der Waals surface area (Å²) in [7, 11) is 0. The van der Waals surface area contributed by atoms with Crippen LogP contribution < -0.4 is 0 Å². The summed E-state index contributed by atoms with van der Waals surface area (Å²) >= 11 is 1.12. The number of nitrogens with zero attached hydrogens (tertiary/aromatic N) is 1. The molecule has 0 aromatic carbocycles. The molecule has 1 atom stereocenters. The summed E-state index contributed by atoms with van der Waals surface area (Å²) in [6.45, 7) is 1.58. The zero-order valence-corrected chi connectivity index (χ0v) is 8.42. The van der Waals surface area contributed by atoms with Crippen LogP contribution in [0.3, 0.4) is 0 Å².